The van der Waals surface area contributed by atoms with Crippen LogP contribution in [-0.2, 0) is 0 Å². The average Bonchev–Trinajstić information content (AvgIpc) is 2.52. The van der Waals surface area contributed by atoms with Gasteiger partial charge in [0.05, 0.1) is 6.10 Å². The fraction of sp³-hybridized carbons (Fsp3) is 1.00. The van der Waals surface area contributed by atoms with Gasteiger partial charge in [0.1, 0.15) is 0 Å². The number of hydrogen-bond acceptors (Lipinski definition) is 1. The summed E-state index contributed by atoms with van der Waals surface area (Å²) in [4.78, 5) is 0. The summed E-state index contributed by atoms with van der Waals surface area (Å²) in [6, 6.07) is 0. The summed E-state index contributed by atoms with van der Waals surface area (Å²) in [5, 5.41) is 9.95. The molecule has 1 nitrogen and oxygen atoms in total. The molecule has 0 bridgehead atoms. The van der Waals surface area contributed by atoms with E-state index >= 15 is 0 Å². The van der Waals surface area contributed by atoms with Gasteiger partial charge in [0.25, 0.3) is 0 Å². The first-order valence-corrected chi connectivity index (χ1v) is 10.5. The van der Waals surface area contributed by atoms with Gasteiger partial charge in [0.2, 0.25) is 0 Å². The maximum absolute atomic E-state index is 9.95. The van der Waals surface area contributed by atoms with Crippen LogP contribution in [0.25, 0.3) is 0 Å². The second-order valence-electron chi connectivity index (χ2n) is 7.18. The van der Waals surface area contributed by atoms with Gasteiger partial charge < -0.3 is 5.11 Å². The van der Waals surface area contributed by atoms with Gasteiger partial charge in [0, 0.05) is 0 Å². The van der Waals surface area contributed by atoms with E-state index in [4.69, 9.17) is 0 Å². The Labute approximate surface area is 141 Å². The van der Waals surface area contributed by atoms with Gasteiger partial charge in [-0.15, -0.1) is 0 Å². The second-order valence-corrected chi connectivity index (χ2v) is 7.18. The molecule has 0 saturated carbocycles. The molecule has 0 aromatic rings. The first-order chi connectivity index (χ1) is 10.8. The Morgan fingerprint density at radius 2 is 0.727 bits per heavy atom. The number of aliphatic hydroxyl groups excluding tert-OH is 1. The van der Waals surface area contributed by atoms with Crippen molar-refractivity contribution in [2.45, 2.75) is 136 Å². The minimum Gasteiger partial charge on any atom is -0.393 e. The molecule has 22 heavy (non-hydrogen) atoms. The maximum atomic E-state index is 9.95. The molecule has 0 aliphatic rings. The van der Waals surface area contributed by atoms with Crippen LogP contribution in [0, 0.1) is 0 Å². The van der Waals surface area contributed by atoms with Crippen LogP contribution in [-0.4, -0.2) is 11.2 Å². The molecule has 0 fully saturated rings. The van der Waals surface area contributed by atoms with Crippen LogP contribution < -0.4 is 0 Å². The lowest BCUT2D eigenvalue weighted by molar-refractivity contribution is 0.147. The van der Waals surface area contributed by atoms with Crippen molar-refractivity contribution in [2.75, 3.05) is 0 Å². The van der Waals surface area contributed by atoms with Crippen LogP contribution in [0.1, 0.15) is 129 Å². The average molecular weight is 313 g/mol. The first-order valence-electron chi connectivity index (χ1n) is 10.5. The Morgan fingerprint density at radius 1 is 0.455 bits per heavy atom. The second kappa shape index (κ2) is 19.0. The predicted molar refractivity (Wildman–Crippen MR) is 100 cm³/mol. The van der Waals surface area contributed by atoms with Crippen molar-refractivity contribution in [1.82, 2.24) is 0 Å². The highest BCUT2D eigenvalue weighted by Gasteiger charge is 2.03. The molecule has 0 aliphatic heterocycles. The Morgan fingerprint density at radius 3 is 1.05 bits per heavy atom. The molecule has 0 aromatic heterocycles. The summed E-state index contributed by atoms with van der Waals surface area (Å²) in [6.45, 7) is 4.53. The Hall–Kier alpha value is -0.0400. The molecule has 0 spiro atoms. The Bertz CT molecular complexity index is 190. The smallest absolute Gasteiger partial charge is 0.0540 e. The Balaban J connectivity index is 3.09. The normalized spacial score (nSPS) is 12.7. The van der Waals surface area contributed by atoms with Gasteiger partial charge in [-0.25, -0.2) is 0 Å². The molecule has 0 aliphatic carbocycles. The third-order valence-corrected chi connectivity index (χ3v) is 4.78. The lowest BCUT2D eigenvalue weighted by Crippen LogP contribution is -2.05. The third-order valence-electron chi connectivity index (χ3n) is 4.78. The van der Waals surface area contributed by atoms with Crippen LogP contribution in [0.4, 0.5) is 0 Å². The van der Waals surface area contributed by atoms with Crippen molar-refractivity contribution in [1.29, 1.82) is 0 Å². The van der Waals surface area contributed by atoms with Crippen molar-refractivity contribution in [3.05, 3.63) is 0 Å². The Kier molecular flexibility index (Phi) is 19.0. The van der Waals surface area contributed by atoms with Crippen LogP contribution in [0.3, 0.4) is 0 Å². The van der Waals surface area contributed by atoms with Gasteiger partial charge in [-0.1, -0.05) is 117 Å². The van der Waals surface area contributed by atoms with E-state index in [-0.39, 0.29) is 6.10 Å². The van der Waals surface area contributed by atoms with Crippen molar-refractivity contribution in [2.24, 2.45) is 0 Å². The van der Waals surface area contributed by atoms with Gasteiger partial charge >= 0.3 is 0 Å². The lowest BCUT2D eigenvalue weighted by Gasteiger charge is -2.10. The zero-order chi connectivity index (χ0) is 16.3. The molecule has 0 rings (SSSR count). The third kappa shape index (κ3) is 18.0. The topological polar surface area (TPSA) is 20.2 Å². The van der Waals surface area contributed by atoms with E-state index < -0.39 is 0 Å². The van der Waals surface area contributed by atoms with E-state index in [2.05, 4.69) is 13.8 Å². The zero-order valence-electron chi connectivity index (χ0n) is 15.8. The van der Waals surface area contributed by atoms with E-state index in [1.165, 1.54) is 103 Å². The van der Waals surface area contributed by atoms with Gasteiger partial charge in [0.15, 0.2) is 0 Å². The molecule has 0 saturated heterocycles. The molecule has 1 heteroatoms. The van der Waals surface area contributed by atoms with Crippen LogP contribution >= 0.6 is 0 Å². The van der Waals surface area contributed by atoms with Gasteiger partial charge in [-0.2, -0.15) is 0 Å². The standard InChI is InChI=1S/C21H44O/c1-3-5-7-9-10-11-12-13-14-16-18-20-21(22)19-17-15-8-6-4-2/h21-22H,3-20H2,1-2H3. The number of rotatable bonds is 18. The number of aliphatic hydroxyl groups is 1. The minimum atomic E-state index is -0.0276. The number of hydrogen-bond donors (Lipinski definition) is 1. The molecule has 1 unspecified atom stereocenters. The van der Waals surface area contributed by atoms with E-state index in [0.717, 1.165) is 12.8 Å². The zero-order valence-corrected chi connectivity index (χ0v) is 15.8. The summed E-state index contributed by atoms with van der Waals surface area (Å²) in [5.41, 5.74) is 0. The largest absolute Gasteiger partial charge is 0.393 e. The molecule has 1 N–H and O–H groups in total. The summed E-state index contributed by atoms with van der Waals surface area (Å²) in [6.07, 6.45) is 23.9. The molecule has 0 heterocycles. The van der Waals surface area contributed by atoms with Crippen molar-refractivity contribution < 1.29 is 5.11 Å². The SMILES string of the molecule is CCCCCCCCCCCCCC(O)CCCCCCC. The summed E-state index contributed by atoms with van der Waals surface area (Å²) >= 11 is 0. The molecule has 0 amide bonds. The minimum absolute atomic E-state index is 0.0276. The van der Waals surface area contributed by atoms with Gasteiger partial charge in [-0.05, 0) is 12.8 Å². The van der Waals surface area contributed by atoms with Crippen molar-refractivity contribution >= 4 is 0 Å². The lowest BCUT2D eigenvalue weighted by atomic mass is 10.0. The molecule has 0 aromatic carbocycles. The van der Waals surface area contributed by atoms with Crippen LogP contribution in [0.2, 0.25) is 0 Å². The summed E-state index contributed by atoms with van der Waals surface area (Å²) < 4.78 is 0. The highest BCUT2D eigenvalue weighted by Crippen LogP contribution is 2.14. The fourth-order valence-corrected chi connectivity index (χ4v) is 3.17. The summed E-state index contributed by atoms with van der Waals surface area (Å²) in [5.74, 6) is 0. The van der Waals surface area contributed by atoms with E-state index in [9.17, 15) is 5.11 Å². The van der Waals surface area contributed by atoms with E-state index in [1.807, 2.05) is 0 Å². The fourth-order valence-electron chi connectivity index (χ4n) is 3.17. The molecule has 0 radical (unpaired) electrons. The molecular formula is C21H44O. The quantitative estimate of drug-likeness (QED) is 0.261. The number of unbranched alkanes of at least 4 members (excludes halogenated alkanes) is 14. The van der Waals surface area contributed by atoms with Crippen LogP contribution in [0.5, 0.6) is 0 Å². The van der Waals surface area contributed by atoms with Gasteiger partial charge in [-0.3, -0.25) is 0 Å². The van der Waals surface area contributed by atoms with E-state index in [0.29, 0.717) is 0 Å². The van der Waals surface area contributed by atoms with Crippen molar-refractivity contribution in [3.8, 4) is 0 Å². The molecule has 1 atom stereocenters. The highest BCUT2D eigenvalue weighted by atomic mass is 16.3. The monoisotopic (exact) mass is 312 g/mol. The first kappa shape index (κ1) is 22.0. The predicted octanol–water partition coefficient (Wildman–Crippen LogP) is 7.41. The molecule has 134 valence electrons. The highest BCUT2D eigenvalue weighted by molar-refractivity contribution is 4.57. The maximum Gasteiger partial charge on any atom is 0.0540 e. The van der Waals surface area contributed by atoms with Crippen LogP contribution in [0.15, 0.2) is 0 Å². The molecular weight excluding hydrogens is 268 g/mol. The van der Waals surface area contributed by atoms with Crippen molar-refractivity contribution in [3.63, 3.8) is 0 Å². The van der Waals surface area contributed by atoms with E-state index in [1.54, 1.807) is 0 Å². The summed E-state index contributed by atoms with van der Waals surface area (Å²) in [7, 11) is 0.